The summed E-state index contributed by atoms with van der Waals surface area (Å²) < 4.78 is 1.42. The van der Waals surface area contributed by atoms with Crippen molar-refractivity contribution >= 4 is 30.7 Å². The van der Waals surface area contributed by atoms with E-state index in [1.54, 1.807) is 0 Å². The lowest BCUT2D eigenvalue weighted by Gasteiger charge is -2.38. The Morgan fingerprint density at radius 2 is 1.24 bits per heavy atom. The monoisotopic (exact) mass is 518 g/mol. The molecule has 0 nitrogen and oxygen atoms in total. The van der Waals surface area contributed by atoms with Gasteiger partial charge in [0.05, 0.1) is 0 Å². The predicted octanol–water partition coefficient (Wildman–Crippen LogP) is 8.90. The Hall–Kier alpha value is -0.973. The van der Waals surface area contributed by atoms with E-state index >= 15 is 0 Å². The maximum atomic E-state index is 3.81. The molecule has 1 aromatic rings. The highest BCUT2D eigenvalue weighted by Crippen LogP contribution is 2.40. The summed E-state index contributed by atoms with van der Waals surface area (Å²) in [6, 6.07) is 8.52. The first-order valence-corrected chi connectivity index (χ1v) is 14.5. The summed E-state index contributed by atoms with van der Waals surface area (Å²) in [6.07, 6.45) is 4.52. The number of hydrogen-bond acceptors (Lipinski definition) is 0. The van der Waals surface area contributed by atoms with Gasteiger partial charge in [-0.15, -0.1) is 5.54 Å². The fourth-order valence-electron chi connectivity index (χ4n) is 4.28. The smallest absolute Gasteiger partial charge is 0.125 e. The average molecular weight is 519 g/mol. The van der Waals surface area contributed by atoms with Crippen LogP contribution in [0.5, 0.6) is 0 Å². The fourth-order valence-corrected chi connectivity index (χ4v) is 10.5. The molecule has 0 radical (unpaired) electrons. The third-order valence-electron chi connectivity index (χ3n) is 5.83. The molecule has 0 aromatic heterocycles. The standard InChI is InChI=1S/C27H39ISi/c1-9-11-26(27(28)12-10-2)18-17-24-13-15-25(16-14-24)19-20-29(21(3)4,22(5)6)23(7)8/h13-16,21-23H,9-12H2,1-8H3. The predicted molar refractivity (Wildman–Crippen MR) is 142 cm³/mol. The molecule has 158 valence electrons. The minimum Gasteiger partial charge on any atom is -0.125 e. The second-order valence-corrected chi connectivity index (χ2v) is 15.7. The van der Waals surface area contributed by atoms with E-state index < -0.39 is 8.07 Å². The van der Waals surface area contributed by atoms with E-state index in [-0.39, 0.29) is 0 Å². The van der Waals surface area contributed by atoms with Crippen LogP contribution >= 0.6 is 22.6 Å². The van der Waals surface area contributed by atoms with Crippen LogP contribution in [0.15, 0.2) is 33.4 Å². The molecule has 0 aliphatic heterocycles. The number of allylic oxidation sites excluding steroid dienone is 2. The average Bonchev–Trinajstić information content (AvgIpc) is 2.65. The molecule has 2 heteroatoms. The Morgan fingerprint density at radius 1 is 0.793 bits per heavy atom. The van der Waals surface area contributed by atoms with Crippen LogP contribution in [-0.2, 0) is 0 Å². The SMILES string of the molecule is CCCC(I)=C(C#Cc1ccc(C#C[Si](C(C)C)(C(C)C)C(C)C)cc1)CCC. The maximum Gasteiger partial charge on any atom is 0.146 e. The highest BCUT2D eigenvalue weighted by atomic mass is 127. The molecule has 1 aromatic carbocycles. The molecule has 29 heavy (non-hydrogen) atoms. The van der Waals surface area contributed by atoms with Crippen molar-refractivity contribution in [1.82, 2.24) is 0 Å². The maximum absolute atomic E-state index is 3.81. The highest BCUT2D eigenvalue weighted by molar-refractivity contribution is 14.1. The first-order chi connectivity index (χ1) is 13.7. The zero-order valence-electron chi connectivity index (χ0n) is 19.7. The summed E-state index contributed by atoms with van der Waals surface area (Å²) in [5, 5.41) is 0. The van der Waals surface area contributed by atoms with E-state index in [1.807, 2.05) is 0 Å². The van der Waals surface area contributed by atoms with Crippen molar-refractivity contribution in [2.24, 2.45) is 0 Å². The van der Waals surface area contributed by atoms with Crippen LogP contribution in [0.2, 0.25) is 16.6 Å². The minimum atomic E-state index is -1.68. The molecular formula is C27H39ISi. The second-order valence-electron chi connectivity index (χ2n) is 8.86. The van der Waals surface area contributed by atoms with E-state index in [0.29, 0.717) is 16.6 Å². The van der Waals surface area contributed by atoms with Gasteiger partial charge in [0.2, 0.25) is 0 Å². The van der Waals surface area contributed by atoms with E-state index in [9.17, 15) is 0 Å². The Kier molecular flexibility index (Phi) is 11.4. The van der Waals surface area contributed by atoms with Gasteiger partial charge in [-0.25, -0.2) is 0 Å². The summed E-state index contributed by atoms with van der Waals surface area (Å²) in [5.41, 5.74) is 9.28. The van der Waals surface area contributed by atoms with Crippen molar-refractivity contribution < 1.29 is 0 Å². The normalized spacial score (nSPS) is 12.4. The van der Waals surface area contributed by atoms with E-state index in [1.165, 1.54) is 15.6 Å². The molecule has 0 atom stereocenters. The van der Waals surface area contributed by atoms with Crippen LogP contribution in [0.4, 0.5) is 0 Å². The van der Waals surface area contributed by atoms with Crippen LogP contribution in [0.3, 0.4) is 0 Å². The lowest BCUT2D eigenvalue weighted by molar-refractivity contribution is 0.838. The number of rotatable bonds is 7. The fraction of sp³-hybridized carbons (Fsp3) is 0.556. The third kappa shape index (κ3) is 7.34. The molecule has 0 heterocycles. The lowest BCUT2D eigenvalue weighted by atomic mass is 10.1. The lowest BCUT2D eigenvalue weighted by Crippen LogP contribution is -2.43. The van der Waals surface area contributed by atoms with Crippen LogP contribution in [-0.4, -0.2) is 8.07 Å². The molecule has 0 saturated carbocycles. The van der Waals surface area contributed by atoms with Crippen molar-refractivity contribution in [3.05, 3.63) is 44.5 Å². The molecule has 0 spiro atoms. The summed E-state index contributed by atoms with van der Waals surface area (Å²) in [7, 11) is -1.68. The Labute approximate surface area is 195 Å². The zero-order chi connectivity index (χ0) is 22.0. The number of benzene rings is 1. The molecule has 0 bridgehead atoms. The van der Waals surface area contributed by atoms with Crippen LogP contribution in [0.25, 0.3) is 0 Å². The van der Waals surface area contributed by atoms with E-state index in [2.05, 4.69) is 126 Å². The van der Waals surface area contributed by atoms with Crippen molar-refractivity contribution in [3.8, 4) is 23.3 Å². The van der Waals surface area contributed by atoms with Crippen LogP contribution < -0.4 is 0 Å². The molecule has 1 rings (SSSR count). The molecule has 0 aliphatic rings. The van der Waals surface area contributed by atoms with Gasteiger partial charge in [-0.05, 0) is 76.3 Å². The molecule has 0 N–H and O–H groups in total. The quantitative estimate of drug-likeness (QED) is 0.192. The summed E-state index contributed by atoms with van der Waals surface area (Å²) in [4.78, 5) is 0. The molecular weight excluding hydrogens is 479 g/mol. The van der Waals surface area contributed by atoms with Crippen LogP contribution in [0.1, 0.15) is 92.2 Å². The third-order valence-corrected chi connectivity index (χ3v) is 13.3. The van der Waals surface area contributed by atoms with Gasteiger partial charge in [0.1, 0.15) is 8.07 Å². The summed E-state index contributed by atoms with van der Waals surface area (Å²) in [6.45, 7) is 18.6. The van der Waals surface area contributed by atoms with Gasteiger partial charge in [-0.3, -0.25) is 0 Å². The Bertz CT molecular complexity index is 767. The first-order valence-electron chi connectivity index (χ1n) is 11.2. The van der Waals surface area contributed by atoms with Crippen molar-refractivity contribution in [2.75, 3.05) is 0 Å². The van der Waals surface area contributed by atoms with Gasteiger partial charge in [0.25, 0.3) is 0 Å². The zero-order valence-corrected chi connectivity index (χ0v) is 22.9. The van der Waals surface area contributed by atoms with Crippen molar-refractivity contribution in [3.63, 3.8) is 0 Å². The second kappa shape index (κ2) is 12.7. The Morgan fingerprint density at radius 3 is 1.66 bits per heavy atom. The molecule has 0 saturated heterocycles. The van der Waals surface area contributed by atoms with Gasteiger partial charge in [0.15, 0.2) is 0 Å². The number of halogens is 1. The Balaban J connectivity index is 3.14. The van der Waals surface area contributed by atoms with Crippen molar-refractivity contribution in [2.45, 2.75) is 97.7 Å². The molecule has 0 fully saturated rings. The van der Waals surface area contributed by atoms with Crippen LogP contribution in [0, 0.1) is 23.3 Å². The van der Waals surface area contributed by atoms with Gasteiger partial charge >= 0.3 is 0 Å². The molecule has 0 aliphatic carbocycles. The minimum absolute atomic E-state index is 0.662. The largest absolute Gasteiger partial charge is 0.146 e. The van der Waals surface area contributed by atoms with E-state index in [0.717, 1.165) is 30.4 Å². The van der Waals surface area contributed by atoms with Gasteiger partial charge in [-0.1, -0.05) is 86.0 Å². The van der Waals surface area contributed by atoms with Gasteiger partial charge in [-0.2, -0.15) is 0 Å². The summed E-state index contributed by atoms with van der Waals surface area (Å²) in [5.74, 6) is 10.3. The molecule has 0 unspecified atom stereocenters. The molecule has 0 amide bonds. The van der Waals surface area contributed by atoms with E-state index in [4.69, 9.17) is 0 Å². The van der Waals surface area contributed by atoms with Gasteiger partial charge in [0, 0.05) is 20.3 Å². The first kappa shape index (κ1) is 26.1. The topological polar surface area (TPSA) is 0 Å². The number of hydrogen-bond donors (Lipinski definition) is 0. The van der Waals surface area contributed by atoms with Crippen molar-refractivity contribution in [1.29, 1.82) is 0 Å². The summed E-state index contributed by atoms with van der Waals surface area (Å²) >= 11 is 2.47. The van der Waals surface area contributed by atoms with Gasteiger partial charge < -0.3 is 0 Å². The highest BCUT2D eigenvalue weighted by Gasteiger charge is 2.41.